The van der Waals surface area contributed by atoms with E-state index >= 15 is 0 Å². The number of anilines is 1. The Bertz CT molecular complexity index is 644. The summed E-state index contributed by atoms with van der Waals surface area (Å²) in [4.78, 5) is 2.35. The molecule has 0 radical (unpaired) electrons. The number of aliphatic hydroxyl groups is 1. The van der Waals surface area contributed by atoms with Gasteiger partial charge in [-0.2, -0.15) is 0 Å². The van der Waals surface area contributed by atoms with Gasteiger partial charge in [0, 0.05) is 20.1 Å². The van der Waals surface area contributed by atoms with Crippen molar-refractivity contribution < 1.29 is 18.3 Å². The predicted molar refractivity (Wildman–Crippen MR) is 105 cm³/mol. The topological polar surface area (TPSA) is 70.1 Å². The molecule has 1 unspecified atom stereocenters. The molecule has 1 atom stereocenters. The lowest BCUT2D eigenvalue weighted by Crippen LogP contribution is -2.37. The first kappa shape index (κ1) is 21.0. The van der Waals surface area contributed by atoms with Gasteiger partial charge in [0.25, 0.3) is 0 Å². The molecule has 1 aliphatic carbocycles. The van der Waals surface area contributed by atoms with Crippen LogP contribution >= 0.6 is 0 Å². The number of aliphatic hydroxyl groups excluding tert-OH is 1. The monoisotopic (exact) mass is 384 g/mol. The Morgan fingerprint density at radius 2 is 1.92 bits per heavy atom. The molecule has 1 aromatic carbocycles. The van der Waals surface area contributed by atoms with E-state index in [0.29, 0.717) is 18.0 Å². The summed E-state index contributed by atoms with van der Waals surface area (Å²) >= 11 is 0. The number of benzene rings is 1. The Hall–Kier alpha value is -1.31. The van der Waals surface area contributed by atoms with Crippen LogP contribution in [0, 0.1) is 5.92 Å². The minimum Gasteiger partial charge on any atom is -0.491 e. The van der Waals surface area contributed by atoms with E-state index in [9.17, 15) is 13.5 Å². The van der Waals surface area contributed by atoms with Crippen LogP contribution in [-0.2, 0) is 10.0 Å². The van der Waals surface area contributed by atoms with E-state index in [0.717, 1.165) is 31.8 Å². The average Bonchev–Trinajstić information content (AvgIpc) is 3.41. The molecule has 0 heterocycles. The van der Waals surface area contributed by atoms with Gasteiger partial charge in [-0.1, -0.05) is 13.3 Å². The number of unbranched alkanes of at least 4 members (excludes halogenated alkanes) is 1. The summed E-state index contributed by atoms with van der Waals surface area (Å²) in [6.45, 7) is 5.14. The molecule has 0 aliphatic heterocycles. The summed E-state index contributed by atoms with van der Waals surface area (Å²) in [5.41, 5.74) is 0.579. The van der Waals surface area contributed by atoms with E-state index in [4.69, 9.17) is 4.74 Å². The summed E-state index contributed by atoms with van der Waals surface area (Å²) in [5.74, 6) is 1.43. The molecular formula is C19H32N2O4S. The van der Waals surface area contributed by atoms with E-state index in [1.54, 1.807) is 24.3 Å². The van der Waals surface area contributed by atoms with Crippen LogP contribution < -0.4 is 9.04 Å². The van der Waals surface area contributed by atoms with Gasteiger partial charge in [-0.3, -0.25) is 4.31 Å². The third-order valence-corrected chi connectivity index (χ3v) is 5.86. The number of hydrogen-bond acceptors (Lipinski definition) is 5. The van der Waals surface area contributed by atoms with Crippen molar-refractivity contribution in [2.45, 2.75) is 38.7 Å². The Morgan fingerprint density at radius 3 is 2.46 bits per heavy atom. The zero-order valence-electron chi connectivity index (χ0n) is 16.1. The molecule has 148 valence electrons. The number of sulfonamides is 1. The van der Waals surface area contributed by atoms with Gasteiger partial charge in [-0.05, 0) is 56.0 Å². The van der Waals surface area contributed by atoms with E-state index in [1.165, 1.54) is 30.5 Å². The number of ether oxygens (including phenoxy) is 1. The normalized spacial score (nSPS) is 15.9. The third kappa shape index (κ3) is 7.13. The number of nitrogens with zero attached hydrogens (tertiary/aromatic N) is 2. The van der Waals surface area contributed by atoms with Gasteiger partial charge in [0.15, 0.2) is 0 Å². The van der Waals surface area contributed by atoms with E-state index in [2.05, 4.69) is 11.8 Å². The zero-order valence-corrected chi connectivity index (χ0v) is 16.9. The highest BCUT2D eigenvalue weighted by Crippen LogP contribution is 2.29. The van der Waals surface area contributed by atoms with Gasteiger partial charge in [-0.25, -0.2) is 8.42 Å². The molecule has 0 amide bonds. The van der Waals surface area contributed by atoms with Crippen LogP contribution in [0.1, 0.15) is 32.6 Å². The lowest BCUT2D eigenvalue weighted by Gasteiger charge is -2.25. The van der Waals surface area contributed by atoms with Gasteiger partial charge in [0.2, 0.25) is 10.0 Å². The van der Waals surface area contributed by atoms with Crippen molar-refractivity contribution in [2.75, 3.05) is 43.8 Å². The molecule has 7 heteroatoms. The molecule has 1 aliphatic rings. The molecule has 1 aromatic rings. The SMILES string of the molecule is CCCCN(CC(O)COc1ccc(N(C)S(C)(=O)=O)cc1)CC1CC1. The van der Waals surface area contributed by atoms with Crippen molar-refractivity contribution in [2.24, 2.45) is 5.92 Å². The average molecular weight is 385 g/mol. The van der Waals surface area contributed by atoms with Crippen molar-refractivity contribution in [1.82, 2.24) is 4.90 Å². The van der Waals surface area contributed by atoms with Crippen molar-refractivity contribution >= 4 is 15.7 Å². The Balaban J connectivity index is 1.81. The summed E-state index contributed by atoms with van der Waals surface area (Å²) in [6, 6.07) is 6.85. The second-order valence-corrected chi connectivity index (χ2v) is 9.26. The first-order valence-electron chi connectivity index (χ1n) is 9.36. The largest absolute Gasteiger partial charge is 0.491 e. The quantitative estimate of drug-likeness (QED) is 0.599. The van der Waals surface area contributed by atoms with Crippen molar-refractivity contribution in [3.63, 3.8) is 0 Å². The highest BCUT2D eigenvalue weighted by molar-refractivity contribution is 7.92. The van der Waals surface area contributed by atoms with Crippen molar-refractivity contribution in [3.05, 3.63) is 24.3 Å². The van der Waals surface area contributed by atoms with E-state index < -0.39 is 16.1 Å². The smallest absolute Gasteiger partial charge is 0.231 e. The van der Waals surface area contributed by atoms with Gasteiger partial charge in [0.05, 0.1) is 11.9 Å². The molecule has 0 bridgehead atoms. The second-order valence-electron chi connectivity index (χ2n) is 7.25. The summed E-state index contributed by atoms with van der Waals surface area (Å²) < 4.78 is 30.0. The fourth-order valence-corrected chi connectivity index (χ4v) is 3.30. The van der Waals surface area contributed by atoms with Crippen LogP contribution in [0.5, 0.6) is 5.75 Å². The van der Waals surface area contributed by atoms with Crippen molar-refractivity contribution in [1.29, 1.82) is 0 Å². The van der Waals surface area contributed by atoms with Crippen LogP contribution in [-0.4, -0.2) is 64.1 Å². The maximum Gasteiger partial charge on any atom is 0.231 e. The van der Waals surface area contributed by atoms with E-state index in [-0.39, 0.29) is 6.61 Å². The number of rotatable bonds is 12. The van der Waals surface area contributed by atoms with Crippen LogP contribution in [0.25, 0.3) is 0 Å². The molecule has 0 saturated heterocycles. The first-order chi connectivity index (χ1) is 12.3. The lowest BCUT2D eigenvalue weighted by atomic mass is 10.2. The standard InChI is InChI=1S/C19H32N2O4S/c1-4-5-12-21(13-16-6-7-16)14-18(22)15-25-19-10-8-17(9-11-19)20(2)26(3,23)24/h8-11,16,18,22H,4-7,12-15H2,1-3H3. The molecule has 6 nitrogen and oxygen atoms in total. The predicted octanol–water partition coefficient (Wildman–Crippen LogP) is 2.33. The van der Waals surface area contributed by atoms with Crippen molar-refractivity contribution in [3.8, 4) is 5.75 Å². The highest BCUT2D eigenvalue weighted by Gasteiger charge is 2.25. The van der Waals surface area contributed by atoms with Crippen LogP contribution in [0.4, 0.5) is 5.69 Å². The van der Waals surface area contributed by atoms with Gasteiger partial charge in [-0.15, -0.1) is 0 Å². The fourth-order valence-electron chi connectivity index (χ4n) is 2.79. The second kappa shape index (κ2) is 9.58. The Kier molecular flexibility index (Phi) is 7.73. The summed E-state index contributed by atoms with van der Waals surface area (Å²) in [6.07, 6.45) is 5.55. The molecule has 0 spiro atoms. The molecule has 1 saturated carbocycles. The molecule has 1 N–H and O–H groups in total. The molecule has 26 heavy (non-hydrogen) atoms. The van der Waals surface area contributed by atoms with Crippen LogP contribution in [0.2, 0.25) is 0 Å². The summed E-state index contributed by atoms with van der Waals surface area (Å²) in [7, 11) is -1.76. The van der Waals surface area contributed by atoms with Gasteiger partial charge >= 0.3 is 0 Å². The first-order valence-corrected chi connectivity index (χ1v) is 11.2. The molecular weight excluding hydrogens is 352 g/mol. The zero-order chi connectivity index (χ0) is 19.2. The van der Waals surface area contributed by atoms with Gasteiger partial charge in [0.1, 0.15) is 18.5 Å². The Morgan fingerprint density at radius 1 is 1.27 bits per heavy atom. The van der Waals surface area contributed by atoms with Crippen LogP contribution in [0.15, 0.2) is 24.3 Å². The number of hydrogen-bond donors (Lipinski definition) is 1. The Labute approximate surface area is 157 Å². The van der Waals surface area contributed by atoms with Crippen LogP contribution in [0.3, 0.4) is 0 Å². The fraction of sp³-hybridized carbons (Fsp3) is 0.684. The third-order valence-electron chi connectivity index (χ3n) is 4.65. The molecule has 2 rings (SSSR count). The molecule has 1 fully saturated rings. The highest BCUT2D eigenvalue weighted by atomic mass is 32.2. The lowest BCUT2D eigenvalue weighted by molar-refractivity contribution is 0.0660. The summed E-state index contributed by atoms with van der Waals surface area (Å²) in [5, 5.41) is 10.3. The maximum absolute atomic E-state index is 11.5. The minimum absolute atomic E-state index is 0.231. The minimum atomic E-state index is -3.27. The van der Waals surface area contributed by atoms with E-state index in [1.807, 2.05) is 0 Å². The maximum atomic E-state index is 11.5. The van der Waals surface area contributed by atoms with Gasteiger partial charge < -0.3 is 14.7 Å². The molecule has 0 aromatic heterocycles.